The molecule has 0 unspecified atom stereocenters. The molecule has 0 bridgehead atoms. The molecule has 0 aliphatic heterocycles. The molecule has 18 heavy (non-hydrogen) atoms. The first kappa shape index (κ1) is 13.0. The van der Waals surface area contributed by atoms with Crippen molar-refractivity contribution in [1.82, 2.24) is 9.97 Å². The predicted molar refractivity (Wildman–Crippen MR) is 75.7 cm³/mol. The van der Waals surface area contributed by atoms with Gasteiger partial charge in [0.05, 0.1) is 5.69 Å². The average molecular weight is 262 g/mol. The van der Waals surface area contributed by atoms with Gasteiger partial charge in [0.25, 0.3) is 0 Å². The smallest absolute Gasteiger partial charge is 0.185 e. The van der Waals surface area contributed by atoms with Crippen LogP contribution in [0.2, 0.25) is 0 Å². The maximum atomic E-state index is 5.74. The molecule has 4 nitrogen and oxygen atoms in total. The van der Waals surface area contributed by atoms with Crippen molar-refractivity contribution >= 4 is 16.5 Å². The first-order valence-corrected chi connectivity index (χ1v) is 6.85. The Kier molecular flexibility index (Phi) is 4.28. The first-order chi connectivity index (χ1) is 8.74. The van der Waals surface area contributed by atoms with E-state index in [0.717, 1.165) is 23.8 Å². The minimum Gasteiger partial charge on any atom is -0.347 e. The number of hydrogen-bond acceptors (Lipinski definition) is 5. The standard InChI is InChI=1S/C13H18N4S/c1-3-11-12(8-14)18-13(16-11)17(2)9-10-4-6-15-7-5-10/h4-7H,3,8-9,14H2,1-2H3. The lowest BCUT2D eigenvalue weighted by Gasteiger charge is -2.15. The van der Waals surface area contributed by atoms with E-state index >= 15 is 0 Å². The predicted octanol–water partition coefficient (Wildman–Crippen LogP) is 2.20. The van der Waals surface area contributed by atoms with Crippen LogP contribution in [0.3, 0.4) is 0 Å². The summed E-state index contributed by atoms with van der Waals surface area (Å²) in [7, 11) is 2.05. The number of nitrogens with two attached hydrogens (primary N) is 1. The zero-order chi connectivity index (χ0) is 13.0. The summed E-state index contributed by atoms with van der Waals surface area (Å²) in [5.41, 5.74) is 8.09. The van der Waals surface area contributed by atoms with Crippen molar-refractivity contribution in [3.05, 3.63) is 40.7 Å². The van der Waals surface area contributed by atoms with Crippen LogP contribution >= 0.6 is 11.3 Å². The Balaban J connectivity index is 2.13. The van der Waals surface area contributed by atoms with Gasteiger partial charge in [-0.05, 0) is 24.1 Å². The van der Waals surface area contributed by atoms with Gasteiger partial charge < -0.3 is 10.6 Å². The van der Waals surface area contributed by atoms with Crippen LogP contribution in [0.1, 0.15) is 23.1 Å². The molecule has 96 valence electrons. The largest absolute Gasteiger partial charge is 0.347 e. The van der Waals surface area contributed by atoms with E-state index < -0.39 is 0 Å². The van der Waals surface area contributed by atoms with Gasteiger partial charge in [-0.1, -0.05) is 6.92 Å². The normalized spacial score (nSPS) is 10.6. The van der Waals surface area contributed by atoms with Crippen LogP contribution in [-0.4, -0.2) is 17.0 Å². The molecular formula is C13H18N4S. The summed E-state index contributed by atoms with van der Waals surface area (Å²) in [6.45, 7) is 3.52. The maximum absolute atomic E-state index is 5.74. The zero-order valence-electron chi connectivity index (χ0n) is 10.8. The zero-order valence-corrected chi connectivity index (χ0v) is 11.6. The van der Waals surface area contributed by atoms with Gasteiger partial charge in [-0.25, -0.2) is 4.98 Å². The van der Waals surface area contributed by atoms with E-state index in [2.05, 4.69) is 28.8 Å². The van der Waals surface area contributed by atoms with Crippen LogP contribution in [0.4, 0.5) is 5.13 Å². The molecular weight excluding hydrogens is 244 g/mol. The fourth-order valence-electron chi connectivity index (χ4n) is 1.80. The Labute approximate surface area is 111 Å². The van der Waals surface area contributed by atoms with Gasteiger partial charge in [0, 0.05) is 37.4 Å². The molecule has 0 aliphatic carbocycles. The summed E-state index contributed by atoms with van der Waals surface area (Å²) in [5.74, 6) is 0. The van der Waals surface area contributed by atoms with Crippen molar-refractivity contribution in [3.8, 4) is 0 Å². The molecule has 2 aromatic heterocycles. The molecule has 5 heteroatoms. The van der Waals surface area contributed by atoms with Crippen molar-refractivity contribution in [2.75, 3.05) is 11.9 Å². The van der Waals surface area contributed by atoms with E-state index in [-0.39, 0.29) is 0 Å². The molecule has 0 radical (unpaired) electrons. The molecule has 2 N–H and O–H groups in total. The summed E-state index contributed by atoms with van der Waals surface area (Å²) < 4.78 is 0. The molecule has 0 aromatic carbocycles. The highest BCUT2D eigenvalue weighted by molar-refractivity contribution is 7.15. The molecule has 0 saturated heterocycles. The van der Waals surface area contributed by atoms with Crippen LogP contribution < -0.4 is 10.6 Å². The number of thiazole rings is 1. The highest BCUT2D eigenvalue weighted by Gasteiger charge is 2.11. The Morgan fingerprint density at radius 3 is 2.61 bits per heavy atom. The number of anilines is 1. The van der Waals surface area contributed by atoms with Crippen molar-refractivity contribution in [2.24, 2.45) is 5.73 Å². The third kappa shape index (κ3) is 2.86. The van der Waals surface area contributed by atoms with Crippen molar-refractivity contribution < 1.29 is 0 Å². The number of aromatic nitrogens is 2. The molecule has 0 saturated carbocycles. The molecule has 0 spiro atoms. The molecule has 0 aliphatic rings. The molecule has 2 aromatic rings. The maximum Gasteiger partial charge on any atom is 0.185 e. The molecule has 0 atom stereocenters. The summed E-state index contributed by atoms with van der Waals surface area (Å²) in [4.78, 5) is 12.0. The summed E-state index contributed by atoms with van der Waals surface area (Å²) >= 11 is 1.69. The van der Waals surface area contributed by atoms with Gasteiger partial charge in [-0.3, -0.25) is 4.98 Å². The quantitative estimate of drug-likeness (QED) is 0.897. The second kappa shape index (κ2) is 5.93. The highest BCUT2D eigenvalue weighted by atomic mass is 32.1. The topological polar surface area (TPSA) is 55.0 Å². The second-order valence-electron chi connectivity index (χ2n) is 4.14. The van der Waals surface area contributed by atoms with Crippen molar-refractivity contribution in [2.45, 2.75) is 26.4 Å². The molecule has 2 rings (SSSR count). The fraction of sp³-hybridized carbons (Fsp3) is 0.385. The Bertz CT molecular complexity index is 473. The van der Waals surface area contributed by atoms with Gasteiger partial charge >= 0.3 is 0 Å². The first-order valence-electron chi connectivity index (χ1n) is 6.03. The van der Waals surface area contributed by atoms with Crippen molar-refractivity contribution in [3.63, 3.8) is 0 Å². The Morgan fingerprint density at radius 1 is 1.33 bits per heavy atom. The second-order valence-corrected chi connectivity index (χ2v) is 5.20. The van der Waals surface area contributed by atoms with E-state index in [4.69, 9.17) is 5.73 Å². The molecule has 0 fully saturated rings. The van der Waals surface area contributed by atoms with Gasteiger partial charge in [0.2, 0.25) is 0 Å². The van der Waals surface area contributed by atoms with Crippen LogP contribution in [0.25, 0.3) is 0 Å². The summed E-state index contributed by atoms with van der Waals surface area (Å²) in [6, 6.07) is 4.05. The number of aryl methyl sites for hydroxylation is 1. The number of pyridine rings is 1. The third-order valence-corrected chi connectivity index (χ3v) is 4.02. The van der Waals surface area contributed by atoms with Crippen LogP contribution in [0.15, 0.2) is 24.5 Å². The number of nitrogens with zero attached hydrogens (tertiary/aromatic N) is 3. The Morgan fingerprint density at radius 2 is 2.06 bits per heavy atom. The average Bonchev–Trinajstić information content (AvgIpc) is 2.83. The van der Waals surface area contributed by atoms with E-state index in [9.17, 15) is 0 Å². The summed E-state index contributed by atoms with van der Waals surface area (Å²) in [6.07, 6.45) is 4.56. The van der Waals surface area contributed by atoms with E-state index in [0.29, 0.717) is 6.54 Å². The minimum atomic E-state index is 0.573. The van der Waals surface area contributed by atoms with Crippen LogP contribution in [0, 0.1) is 0 Å². The monoisotopic (exact) mass is 262 g/mol. The van der Waals surface area contributed by atoms with Gasteiger partial charge in [-0.15, -0.1) is 11.3 Å². The van der Waals surface area contributed by atoms with Crippen LogP contribution in [0.5, 0.6) is 0 Å². The van der Waals surface area contributed by atoms with E-state index in [1.807, 2.05) is 24.5 Å². The number of hydrogen-bond donors (Lipinski definition) is 1. The minimum absolute atomic E-state index is 0.573. The van der Waals surface area contributed by atoms with Crippen molar-refractivity contribution in [1.29, 1.82) is 0 Å². The molecule has 0 amide bonds. The third-order valence-electron chi connectivity index (χ3n) is 2.78. The number of rotatable bonds is 5. The summed E-state index contributed by atoms with van der Waals surface area (Å²) in [5, 5.41) is 1.03. The highest BCUT2D eigenvalue weighted by Crippen LogP contribution is 2.26. The SMILES string of the molecule is CCc1nc(N(C)Cc2ccncc2)sc1CN. The van der Waals surface area contributed by atoms with E-state index in [1.54, 1.807) is 11.3 Å². The Hall–Kier alpha value is -1.46. The lowest BCUT2D eigenvalue weighted by atomic mass is 10.2. The van der Waals surface area contributed by atoms with Gasteiger partial charge in [0.1, 0.15) is 0 Å². The fourth-order valence-corrected chi connectivity index (χ4v) is 2.79. The van der Waals surface area contributed by atoms with E-state index in [1.165, 1.54) is 10.4 Å². The van der Waals surface area contributed by atoms with Gasteiger partial charge in [0.15, 0.2) is 5.13 Å². The lowest BCUT2D eigenvalue weighted by molar-refractivity contribution is 0.897. The van der Waals surface area contributed by atoms with Crippen LogP contribution in [-0.2, 0) is 19.5 Å². The van der Waals surface area contributed by atoms with Gasteiger partial charge in [-0.2, -0.15) is 0 Å². The molecule has 2 heterocycles. The lowest BCUT2D eigenvalue weighted by Crippen LogP contribution is -2.16.